The molecular formula is C20H21Cl2N3O4. The maximum Gasteiger partial charge on any atom is 0.319 e. The van der Waals surface area contributed by atoms with Crippen LogP contribution in [0.3, 0.4) is 0 Å². The predicted molar refractivity (Wildman–Crippen MR) is 113 cm³/mol. The summed E-state index contributed by atoms with van der Waals surface area (Å²) in [6.45, 7) is 1.03. The molecule has 1 saturated heterocycles. The number of ether oxygens (including phenoxy) is 2. The van der Waals surface area contributed by atoms with Gasteiger partial charge in [0.1, 0.15) is 5.75 Å². The number of hydrogen-bond acceptors (Lipinski definition) is 4. The maximum absolute atomic E-state index is 12.0. The van der Waals surface area contributed by atoms with E-state index in [1.54, 1.807) is 42.5 Å². The number of benzene rings is 2. The Morgan fingerprint density at radius 1 is 1.07 bits per heavy atom. The average Bonchev–Trinajstić information content (AvgIpc) is 3.21. The predicted octanol–water partition coefficient (Wildman–Crippen LogP) is 4.31. The SMILES string of the molecule is O=C(COc1ccc(Cl)cc1Cl)Nc1ccc(NC(=O)NCC2CCCO2)cc1. The summed E-state index contributed by atoms with van der Waals surface area (Å²) in [5, 5.41) is 9.04. The highest BCUT2D eigenvalue weighted by Gasteiger charge is 2.16. The van der Waals surface area contributed by atoms with Gasteiger partial charge in [-0.25, -0.2) is 4.79 Å². The first-order chi connectivity index (χ1) is 14.0. The minimum atomic E-state index is -0.342. The lowest BCUT2D eigenvalue weighted by molar-refractivity contribution is -0.118. The lowest BCUT2D eigenvalue weighted by Crippen LogP contribution is -2.35. The first-order valence-corrected chi connectivity index (χ1v) is 9.89. The van der Waals surface area contributed by atoms with Crippen molar-refractivity contribution in [2.24, 2.45) is 0 Å². The van der Waals surface area contributed by atoms with Gasteiger partial charge in [-0.1, -0.05) is 23.2 Å². The van der Waals surface area contributed by atoms with Gasteiger partial charge in [0.15, 0.2) is 6.61 Å². The Morgan fingerprint density at radius 3 is 2.45 bits per heavy atom. The number of amides is 3. The molecule has 154 valence electrons. The summed E-state index contributed by atoms with van der Waals surface area (Å²) in [4.78, 5) is 24.0. The highest BCUT2D eigenvalue weighted by atomic mass is 35.5. The number of halogens is 2. The second-order valence-corrected chi connectivity index (χ2v) is 7.30. The van der Waals surface area contributed by atoms with E-state index in [1.165, 1.54) is 0 Å². The van der Waals surface area contributed by atoms with Crippen molar-refractivity contribution in [2.45, 2.75) is 18.9 Å². The van der Waals surface area contributed by atoms with E-state index in [-0.39, 0.29) is 24.6 Å². The van der Waals surface area contributed by atoms with Gasteiger partial charge in [0.05, 0.1) is 11.1 Å². The van der Waals surface area contributed by atoms with E-state index >= 15 is 0 Å². The van der Waals surface area contributed by atoms with Gasteiger partial charge in [0, 0.05) is 29.5 Å². The molecule has 0 saturated carbocycles. The van der Waals surface area contributed by atoms with Crippen LogP contribution in [0.25, 0.3) is 0 Å². The molecule has 0 aromatic heterocycles. The molecule has 1 heterocycles. The molecule has 7 nitrogen and oxygen atoms in total. The second-order valence-electron chi connectivity index (χ2n) is 6.46. The Labute approximate surface area is 178 Å². The molecule has 0 bridgehead atoms. The van der Waals surface area contributed by atoms with Gasteiger partial charge in [0.25, 0.3) is 5.91 Å². The fraction of sp³-hybridized carbons (Fsp3) is 0.300. The Kier molecular flexibility index (Phi) is 7.57. The van der Waals surface area contributed by atoms with Gasteiger partial charge < -0.3 is 25.4 Å². The topological polar surface area (TPSA) is 88.7 Å². The summed E-state index contributed by atoms with van der Waals surface area (Å²) in [5.74, 6) is 0.0332. The van der Waals surface area contributed by atoms with Gasteiger partial charge in [-0.3, -0.25) is 4.79 Å². The molecule has 1 fully saturated rings. The molecule has 0 radical (unpaired) electrons. The van der Waals surface area contributed by atoms with Crippen molar-refractivity contribution in [2.75, 3.05) is 30.4 Å². The highest BCUT2D eigenvalue weighted by Crippen LogP contribution is 2.27. The van der Waals surface area contributed by atoms with Crippen LogP contribution in [0.5, 0.6) is 5.75 Å². The Morgan fingerprint density at radius 2 is 1.79 bits per heavy atom. The fourth-order valence-corrected chi connectivity index (χ4v) is 3.22. The number of nitrogens with one attached hydrogen (secondary N) is 3. The Bertz CT molecular complexity index is 855. The molecule has 3 amide bonds. The maximum atomic E-state index is 12.0. The molecule has 2 aromatic rings. The van der Waals surface area contributed by atoms with Crippen molar-refractivity contribution in [3.8, 4) is 5.75 Å². The zero-order valence-corrected chi connectivity index (χ0v) is 17.1. The molecule has 9 heteroatoms. The number of anilines is 2. The van der Waals surface area contributed by atoms with Gasteiger partial charge in [-0.15, -0.1) is 0 Å². The molecule has 1 aliphatic heterocycles. The van der Waals surface area contributed by atoms with Crippen LogP contribution in [-0.2, 0) is 9.53 Å². The molecule has 0 spiro atoms. The minimum absolute atomic E-state index is 0.0864. The van der Waals surface area contributed by atoms with E-state index in [2.05, 4.69) is 16.0 Å². The van der Waals surface area contributed by atoms with E-state index in [4.69, 9.17) is 32.7 Å². The number of urea groups is 1. The molecule has 1 atom stereocenters. The molecule has 2 aromatic carbocycles. The van der Waals surface area contributed by atoms with E-state index < -0.39 is 0 Å². The molecule has 3 rings (SSSR count). The minimum Gasteiger partial charge on any atom is -0.482 e. The number of carbonyl (C=O) groups is 2. The summed E-state index contributed by atoms with van der Waals surface area (Å²) in [7, 11) is 0. The summed E-state index contributed by atoms with van der Waals surface area (Å²) in [6.07, 6.45) is 2.07. The standard InChI is InChI=1S/C20H21Cl2N3O4/c21-13-3-8-18(17(22)10-13)29-12-19(26)24-14-4-6-15(7-5-14)25-20(27)23-11-16-2-1-9-28-16/h3-8,10,16H,1-2,9,11-12H2,(H,24,26)(H2,23,25,27). The first kappa shape index (κ1) is 21.2. The van der Waals surface area contributed by atoms with Crippen LogP contribution in [-0.4, -0.2) is 37.8 Å². The summed E-state index contributed by atoms with van der Waals surface area (Å²) < 4.78 is 10.9. The van der Waals surface area contributed by atoms with Crippen molar-refractivity contribution >= 4 is 46.5 Å². The van der Waals surface area contributed by atoms with Gasteiger partial charge in [-0.05, 0) is 55.3 Å². The van der Waals surface area contributed by atoms with Crippen molar-refractivity contribution in [1.82, 2.24) is 5.32 Å². The number of hydrogen-bond donors (Lipinski definition) is 3. The third kappa shape index (κ3) is 6.81. The zero-order chi connectivity index (χ0) is 20.6. The monoisotopic (exact) mass is 437 g/mol. The van der Waals surface area contributed by atoms with Crippen molar-refractivity contribution < 1.29 is 19.1 Å². The normalized spacial score (nSPS) is 15.6. The summed E-state index contributed by atoms with van der Waals surface area (Å²) >= 11 is 11.8. The second kappa shape index (κ2) is 10.3. The van der Waals surface area contributed by atoms with Crippen LogP contribution >= 0.6 is 23.2 Å². The van der Waals surface area contributed by atoms with Crippen LogP contribution in [0.4, 0.5) is 16.2 Å². The lowest BCUT2D eigenvalue weighted by atomic mass is 10.2. The summed E-state index contributed by atoms with van der Waals surface area (Å²) in [6, 6.07) is 11.2. The van der Waals surface area contributed by atoms with Crippen LogP contribution in [0.1, 0.15) is 12.8 Å². The van der Waals surface area contributed by atoms with Crippen molar-refractivity contribution in [3.63, 3.8) is 0 Å². The Balaban J connectivity index is 1.42. The Hall–Kier alpha value is -2.48. The smallest absolute Gasteiger partial charge is 0.319 e. The zero-order valence-electron chi connectivity index (χ0n) is 15.5. The van der Waals surface area contributed by atoms with Crippen molar-refractivity contribution in [3.05, 3.63) is 52.5 Å². The fourth-order valence-electron chi connectivity index (χ4n) is 2.76. The largest absolute Gasteiger partial charge is 0.482 e. The number of carbonyl (C=O) groups excluding carboxylic acids is 2. The molecule has 1 unspecified atom stereocenters. The van der Waals surface area contributed by atoms with Crippen LogP contribution in [0, 0.1) is 0 Å². The molecule has 3 N–H and O–H groups in total. The van der Waals surface area contributed by atoms with Crippen molar-refractivity contribution in [1.29, 1.82) is 0 Å². The summed E-state index contributed by atoms with van der Waals surface area (Å²) in [5.41, 5.74) is 1.18. The van der Waals surface area contributed by atoms with Crippen LogP contribution < -0.4 is 20.7 Å². The van der Waals surface area contributed by atoms with E-state index in [0.717, 1.165) is 19.4 Å². The molecule has 0 aliphatic carbocycles. The van der Waals surface area contributed by atoms with Gasteiger partial charge in [-0.2, -0.15) is 0 Å². The highest BCUT2D eigenvalue weighted by molar-refractivity contribution is 6.35. The van der Waals surface area contributed by atoms with Crippen LogP contribution in [0.15, 0.2) is 42.5 Å². The third-order valence-electron chi connectivity index (χ3n) is 4.19. The van der Waals surface area contributed by atoms with E-state index in [1.807, 2.05) is 0 Å². The number of rotatable bonds is 7. The lowest BCUT2D eigenvalue weighted by Gasteiger charge is -2.12. The van der Waals surface area contributed by atoms with Crippen LogP contribution in [0.2, 0.25) is 10.0 Å². The van der Waals surface area contributed by atoms with Gasteiger partial charge >= 0.3 is 6.03 Å². The average molecular weight is 438 g/mol. The van der Waals surface area contributed by atoms with Gasteiger partial charge in [0.2, 0.25) is 0 Å². The quantitative estimate of drug-likeness (QED) is 0.601. The molecule has 29 heavy (non-hydrogen) atoms. The first-order valence-electron chi connectivity index (χ1n) is 9.14. The third-order valence-corrected chi connectivity index (χ3v) is 4.72. The molecular weight excluding hydrogens is 417 g/mol. The van der Waals surface area contributed by atoms with E-state index in [9.17, 15) is 9.59 Å². The molecule has 1 aliphatic rings. The van der Waals surface area contributed by atoms with E-state index in [0.29, 0.717) is 33.7 Å².